The predicted molar refractivity (Wildman–Crippen MR) is 46.3 cm³/mol. The largest absolute Gasteiger partial charge is 0.337 e. The first kappa shape index (κ1) is 9.18. The summed E-state index contributed by atoms with van der Waals surface area (Å²) in [6.45, 7) is 10.5. The minimum absolute atomic E-state index is 0.944. The molecule has 0 saturated carbocycles. The van der Waals surface area contributed by atoms with E-state index in [4.69, 9.17) is 0 Å². The van der Waals surface area contributed by atoms with Crippen LogP contribution in [0, 0.1) is 0 Å². The maximum absolute atomic E-state index is 3.56. The molecule has 0 aromatic heterocycles. The van der Waals surface area contributed by atoms with Crippen LogP contribution in [0.2, 0.25) is 19.6 Å². The van der Waals surface area contributed by atoms with Gasteiger partial charge in [-0.3, -0.25) is 0 Å². The first-order valence-electron chi connectivity index (χ1n) is 3.81. The van der Waals surface area contributed by atoms with Crippen LogP contribution >= 0.6 is 0 Å². The summed E-state index contributed by atoms with van der Waals surface area (Å²) in [5, 5.41) is 0. The van der Waals surface area contributed by atoms with Gasteiger partial charge in [0.15, 0.2) is 0 Å². The number of unbranched alkanes of at least 4 members (excludes halogenated alkanes) is 1. The highest BCUT2D eigenvalue weighted by Crippen LogP contribution is 1.94. The summed E-state index contributed by atoms with van der Waals surface area (Å²) in [5.74, 6) is 0. The highest BCUT2D eigenvalue weighted by Gasteiger charge is 2.09. The van der Waals surface area contributed by atoms with E-state index < -0.39 is 8.24 Å². The van der Waals surface area contributed by atoms with Crippen LogP contribution in [-0.2, 0) is 0 Å². The molecule has 1 N–H and O–H groups in total. The molecule has 0 aromatic rings. The van der Waals surface area contributed by atoms with E-state index in [1.807, 2.05) is 0 Å². The number of rotatable bonds is 4. The van der Waals surface area contributed by atoms with E-state index in [1.54, 1.807) is 0 Å². The average Bonchev–Trinajstić information content (AvgIpc) is 1.63. The van der Waals surface area contributed by atoms with Crippen molar-refractivity contribution in [3.63, 3.8) is 0 Å². The Morgan fingerprint density at radius 2 is 1.78 bits per heavy atom. The smallest absolute Gasteiger partial charge is 0.116 e. The maximum Gasteiger partial charge on any atom is 0.116 e. The van der Waals surface area contributed by atoms with E-state index in [0.29, 0.717) is 0 Å². The van der Waals surface area contributed by atoms with E-state index in [9.17, 15) is 0 Å². The first-order chi connectivity index (χ1) is 4.06. The zero-order chi connectivity index (χ0) is 7.33. The van der Waals surface area contributed by atoms with Gasteiger partial charge in [-0.25, -0.2) is 0 Å². The van der Waals surface area contributed by atoms with Crippen molar-refractivity contribution >= 4 is 8.24 Å². The topological polar surface area (TPSA) is 12.0 Å². The van der Waals surface area contributed by atoms with Crippen LogP contribution < -0.4 is 4.98 Å². The van der Waals surface area contributed by atoms with E-state index >= 15 is 0 Å². The normalized spacial score (nSPS) is 12.0. The summed E-state index contributed by atoms with van der Waals surface area (Å²) in [6.07, 6.45) is 2.63. The molecule has 0 aliphatic heterocycles. The molecule has 0 aliphatic rings. The molecule has 0 saturated heterocycles. The van der Waals surface area contributed by atoms with Crippen LogP contribution in [0.3, 0.4) is 0 Å². The van der Waals surface area contributed by atoms with E-state index in [1.165, 1.54) is 19.4 Å². The highest BCUT2D eigenvalue weighted by atomic mass is 28.3. The Balaban J connectivity index is 3.07. The molecular weight excluding hydrogens is 126 g/mol. The van der Waals surface area contributed by atoms with Gasteiger partial charge < -0.3 is 4.98 Å². The van der Waals surface area contributed by atoms with E-state index in [2.05, 4.69) is 31.5 Å². The van der Waals surface area contributed by atoms with Gasteiger partial charge in [0.05, 0.1) is 0 Å². The van der Waals surface area contributed by atoms with Crippen molar-refractivity contribution in [1.29, 1.82) is 0 Å². The van der Waals surface area contributed by atoms with Crippen molar-refractivity contribution in [2.45, 2.75) is 39.4 Å². The number of hydrogen-bond donors (Lipinski definition) is 1. The average molecular weight is 145 g/mol. The molecule has 9 heavy (non-hydrogen) atoms. The van der Waals surface area contributed by atoms with Crippen molar-refractivity contribution < 1.29 is 0 Å². The summed E-state index contributed by atoms with van der Waals surface area (Å²) in [7, 11) is -0.944. The Labute approximate surface area is 59.9 Å². The molecule has 2 heteroatoms. The fraction of sp³-hybridized carbons (Fsp3) is 1.00. The lowest BCUT2D eigenvalue weighted by atomic mass is 10.3. The Morgan fingerprint density at radius 3 is 2.11 bits per heavy atom. The first-order valence-corrected chi connectivity index (χ1v) is 7.31. The quantitative estimate of drug-likeness (QED) is 0.472. The second-order valence-electron chi connectivity index (χ2n) is 3.53. The monoisotopic (exact) mass is 145 g/mol. The molecule has 0 aromatic carbocycles. The minimum atomic E-state index is -0.944. The van der Waals surface area contributed by atoms with Crippen LogP contribution in [0.15, 0.2) is 0 Å². The fourth-order valence-electron chi connectivity index (χ4n) is 0.640. The van der Waals surface area contributed by atoms with Crippen LogP contribution in [0.1, 0.15) is 19.8 Å². The Hall–Kier alpha value is 0.177. The molecule has 56 valence electrons. The number of nitrogens with one attached hydrogen (secondary N) is 1. The zero-order valence-corrected chi connectivity index (χ0v) is 8.12. The molecule has 0 spiro atoms. The third-order valence-corrected chi connectivity index (χ3v) is 2.50. The van der Waals surface area contributed by atoms with Crippen molar-refractivity contribution in [3.8, 4) is 0 Å². The van der Waals surface area contributed by atoms with Crippen LogP contribution in [0.25, 0.3) is 0 Å². The van der Waals surface area contributed by atoms with E-state index in [-0.39, 0.29) is 0 Å². The second kappa shape index (κ2) is 4.07. The number of hydrogen-bond acceptors (Lipinski definition) is 1. The van der Waals surface area contributed by atoms with Gasteiger partial charge in [0, 0.05) is 0 Å². The van der Waals surface area contributed by atoms with Gasteiger partial charge in [-0.15, -0.1) is 0 Å². The maximum atomic E-state index is 3.56. The van der Waals surface area contributed by atoms with Gasteiger partial charge >= 0.3 is 0 Å². The van der Waals surface area contributed by atoms with Crippen LogP contribution in [0.4, 0.5) is 0 Å². The summed E-state index contributed by atoms with van der Waals surface area (Å²) in [4.78, 5) is 3.56. The lowest BCUT2D eigenvalue weighted by Crippen LogP contribution is -2.41. The van der Waals surface area contributed by atoms with Gasteiger partial charge in [-0.1, -0.05) is 33.0 Å². The third kappa shape index (κ3) is 8.18. The minimum Gasteiger partial charge on any atom is -0.337 e. The lowest BCUT2D eigenvalue weighted by Gasteiger charge is -2.17. The van der Waals surface area contributed by atoms with Crippen molar-refractivity contribution in [2.24, 2.45) is 0 Å². The van der Waals surface area contributed by atoms with Crippen molar-refractivity contribution in [1.82, 2.24) is 4.98 Å². The molecular formula is C7H19NSi. The molecule has 0 rings (SSSR count). The molecule has 0 heterocycles. The summed E-state index contributed by atoms with van der Waals surface area (Å²) in [6, 6.07) is 0. The zero-order valence-electron chi connectivity index (χ0n) is 7.12. The molecule has 1 nitrogen and oxygen atoms in total. The predicted octanol–water partition coefficient (Wildman–Crippen LogP) is 2.21. The van der Waals surface area contributed by atoms with Crippen LogP contribution in [-0.4, -0.2) is 14.8 Å². The molecule has 0 atom stereocenters. The molecule has 0 radical (unpaired) electrons. The summed E-state index contributed by atoms with van der Waals surface area (Å²) in [5.41, 5.74) is 0. The van der Waals surface area contributed by atoms with Crippen molar-refractivity contribution in [2.75, 3.05) is 6.54 Å². The third-order valence-electron chi connectivity index (χ3n) is 1.19. The standard InChI is InChI=1S/C7H19NSi/c1-5-6-7-8-9(2,3)4/h8H,5-7H2,1-4H3. The van der Waals surface area contributed by atoms with Gasteiger partial charge in [0.25, 0.3) is 0 Å². The summed E-state index contributed by atoms with van der Waals surface area (Å²) >= 11 is 0. The van der Waals surface area contributed by atoms with Crippen LogP contribution in [0.5, 0.6) is 0 Å². The Kier molecular flexibility index (Phi) is 4.15. The Bertz CT molecular complexity index is 65.8. The summed E-state index contributed by atoms with van der Waals surface area (Å²) < 4.78 is 0. The molecule has 0 fully saturated rings. The lowest BCUT2D eigenvalue weighted by molar-refractivity contribution is 0.755. The van der Waals surface area contributed by atoms with Gasteiger partial charge in [-0.05, 0) is 13.0 Å². The molecule has 0 bridgehead atoms. The van der Waals surface area contributed by atoms with Gasteiger partial charge in [0.2, 0.25) is 0 Å². The molecule has 0 aliphatic carbocycles. The highest BCUT2D eigenvalue weighted by molar-refractivity contribution is 6.73. The van der Waals surface area contributed by atoms with Gasteiger partial charge in [0.1, 0.15) is 8.24 Å². The van der Waals surface area contributed by atoms with Crippen molar-refractivity contribution in [3.05, 3.63) is 0 Å². The van der Waals surface area contributed by atoms with E-state index in [0.717, 1.165) is 0 Å². The SMILES string of the molecule is CCCCN[Si](C)(C)C. The van der Waals surface area contributed by atoms with Gasteiger partial charge in [-0.2, -0.15) is 0 Å². The fourth-order valence-corrected chi connectivity index (χ4v) is 1.57. The Morgan fingerprint density at radius 1 is 1.22 bits per heavy atom. The molecule has 0 amide bonds. The second-order valence-corrected chi connectivity index (χ2v) is 8.38. The molecule has 0 unspecified atom stereocenters.